The largest absolute Gasteiger partial charge is 0.409 e. The fourth-order valence-electron chi connectivity index (χ4n) is 4.40. The van der Waals surface area contributed by atoms with Crippen molar-refractivity contribution >= 4 is 30.9 Å². The normalized spacial score (nSPS) is 25.5. The second kappa shape index (κ2) is 11.4. The molecule has 0 aliphatic carbocycles. The molecule has 1 heterocycles. The van der Waals surface area contributed by atoms with Crippen LogP contribution >= 0.6 is 11.8 Å². The van der Waals surface area contributed by atoms with Gasteiger partial charge in [0.1, 0.15) is 23.7 Å². The molecule has 34 heavy (non-hydrogen) atoms. The molecule has 0 saturated carbocycles. The van der Waals surface area contributed by atoms with Gasteiger partial charge in [-0.15, -0.1) is 11.8 Å². The zero-order valence-corrected chi connectivity index (χ0v) is 22.6. The summed E-state index contributed by atoms with van der Waals surface area (Å²) in [6.45, 7) is 9.76. The topological polar surface area (TPSA) is 36.9 Å². The fraction of sp³-hybridized carbons (Fsp3) is 0.429. The SMILES string of the molecule is CS[C@@H]1O[C@@H](C)[C@H](OCc2ccccc2)[C@@H](O[Si](C)(C)C)[C@H]1OCc1ccc2ccccc2c1. The van der Waals surface area contributed by atoms with Crippen molar-refractivity contribution in [2.45, 2.75) is 69.6 Å². The average Bonchev–Trinajstić information content (AvgIpc) is 2.82. The van der Waals surface area contributed by atoms with Gasteiger partial charge in [0.15, 0.2) is 8.32 Å². The summed E-state index contributed by atoms with van der Waals surface area (Å²) in [5.41, 5.74) is 2.17. The summed E-state index contributed by atoms with van der Waals surface area (Å²) in [6.07, 6.45) is 1.34. The summed E-state index contributed by atoms with van der Waals surface area (Å²) < 4.78 is 26.2. The van der Waals surface area contributed by atoms with Crippen molar-refractivity contribution in [3.05, 3.63) is 83.9 Å². The lowest BCUT2D eigenvalue weighted by Crippen LogP contribution is -2.60. The van der Waals surface area contributed by atoms with Crippen LogP contribution in [0, 0.1) is 0 Å². The first-order valence-corrected chi connectivity index (χ1v) is 16.6. The Kier molecular flexibility index (Phi) is 8.51. The minimum absolute atomic E-state index is 0.0944. The van der Waals surface area contributed by atoms with Crippen LogP contribution in [-0.2, 0) is 31.9 Å². The van der Waals surface area contributed by atoms with Gasteiger partial charge in [-0.05, 0) is 60.8 Å². The van der Waals surface area contributed by atoms with Crippen molar-refractivity contribution in [1.82, 2.24) is 0 Å². The molecule has 0 spiro atoms. The van der Waals surface area contributed by atoms with Gasteiger partial charge in [0.05, 0.1) is 19.3 Å². The summed E-state index contributed by atoms with van der Waals surface area (Å²) in [7, 11) is -1.88. The number of benzene rings is 3. The van der Waals surface area contributed by atoms with Crippen molar-refractivity contribution in [1.29, 1.82) is 0 Å². The van der Waals surface area contributed by atoms with Gasteiger partial charge in [-0.3, -0.25) is 0 Å². The molecular weight excluding hydrogens is 460 g/mol. The Bertz CT molecular complexity index is 1050. The van der Waals surface area contributed by atoms with Crippen LogP contribution in [0.15, 0.2) is 72.8 Å². The summed E-state index contributed by atoms with van der Waals surface area (Å²) in [4.78, 5) is 0. The Morgan fingerprint density at radius 1 is 0.765 bits per heavy atom. The maximum absolute atomic E-state index is 6.75. The Hall–Kier alpha value is -1.67. The molecule has 5 atom stereocenters. The fourth-order valence-corrected chi connectivity index (χ4v) is 6.27. The lowest BCUT2D eigenvalue weighted by molar-refractivity contribution is -0.221. The van der Waals surface area contributed by atoms with E-state index >= 15 is 0 Å². The molecular formula is C28H36O4SSi. The van der Waals surface area contributed by atoms with Crippen LogP contribution < -0.4 is 0 Å². The van der Waals surface area contributed by atoms with E-state index in [0.717, 1.165) is 11.1 Å². The molecule has 182 valence electrons. The van der Waals surface area contributed by atoms with E-state index in [-0.39, 0.29) is 29.9 Å². The van der Waals surface area contributed by atoms with E-state index in [1.807, 2.05) is 18.2 Å². The van der Waals surface area contributed by atoms with Gasteiger partial charge in [0, 0.05) is 0 Å². The van der Waals surface area contributed by atoms with Gasteiger partial charge in [-0.25, -0.2) is 0 Å². The minimum atomic E-state index is -1.88. The number of ether oxygens (including phenoxy) is 3. The Labute approximate surface area is 209 Å². The predicted molar refractivity (Wildman–Crippen MR) is 144 cm³/mol. The Morgan fingerprint density at radius 3 is 2.12 bits per heavy atom. The minimum Gasteiger partial charge on any atom is -0.409 e. The number of hydrogen-bond acceptors (Lipinski definition) is 5. The quantitative estimate of drug-likeness (QED) is 0.311. The van der Waals surface area contributed by atoms with E-state index in [0.29, 0.717) is 13.2 Å². The van der Waals surface area contributed by atoms with Crippen molar-refractivity contribution in [2.75, 3.05) is 6.26 Å². The zero-order valence-electron chi connectivity index (χ0n) is 20.8. The summed E-state index contributed by atoms with van der Waals surface area (Å²) >= 11 is 1.67. The molecule has 4 nitrogen and oxygen atoms in total. The van der Waals surface area contributed by atoms with Crippen LogP contribution in [0.3, 0.4) is 0 Å². The van der Waals surface area contributed by atoms with Gasteiger partial charge >= 0.3 is 0 Å². The van der Waals surface area contributed by atoms with Crippen LogP contribution in [0.2, 0.25) is 19.6 Å². The van der Waals surface area contributed by atoms with E-state index in [2.05, 4.69) is 87.4 Å². The van der Waals surface area contributed by atoms with E-state index in [1.165, 1.54) is 10.8 Å². The first-order valence-electron chi connectivity index (χ1n) is 11.9. The van der Waals surface area contributed by atoms with Gasteiger partial charge in [0.25, 0.3) is 0 Å². The molecule has 1 aliphatic heterocycles. The Morgan fingerprint density at radius 2 is 1.41 bits per heavy atom. The third-order valence-corrected chi connectivity index (χ3v) is 7.81. The summed E-state index contributed by atoms with van der Waals surface area (Å²) in [5.74, 6) is 0. The standard InChI is InChI=1S/C28H36O4SSi/c1-20-25(29-18-21-11-7-6-8-12-21)26(32-34(3,4)5)27(28(31-20)33-2)30-19-22-15-16-23-13-9-10-14-24(23)17-22/h6-17,20,25-28H,18-19H2,1-5H3/t20-,25-,26+,27+,28-/m0/s1. The smallest absolute Gasteiger partial charge is 0.184 e. The first kappa shape index (κ1) is 25.4. The monoisotopic (exact) mass is 496 g/mol. The van der Waals surface area contributed by atoms with Crippen molar-refractivity contribution in [3.8, 4) is 0 Å². The molecule has 1 saturated heterocycles. The van der Waals surface area contributed by atoms with E-state index in [9.17, 15) is 0 Å². The van der Waals surface area contributed by atoms with Crippen molar-refractivity contribution < 1.29 is 18.6 Å². The van der Waals surface area contributed by atoms with Gasteiger partial charge in [0.2, 0.25) is 0 Å². The van der Waals surface area contributed by atoms with E-state index < -0.39 is 8.32 Å². The molecule has 0 N–H and O–H groups in total. The zero-order chi connectivity index (χ0) is 24.1. The number of hydrogen-bond donors (Lipinski definition) is 0. The molecule has 1 fully saturated rings. The molecule has 3 aromatic carbocycles. The van der Waals surface area contributed by atoms with E-state index in [1.54, 1.807) is 11.8 Å². The molecule has 0 aromatic heterocycles. The molecule has 0 bridgehead atoms. The van der Waals surface area contributed by atoms with Crippen LogP contribution in [-0.4, -0.2) is 44.4 Å². The Balaban J connectivity index is 1.55. The second-order valence-corrected chi connectivity index (χ2v) is 15.3. The molecule has 0 radical (unpaired) electrons. The molecule has 3 aromatic rings. The number of thioether (sulfide) groups is 1. The maximum atomic E-state index is 6.75. The molecule has 0 unspecified atom stereocenters. The van der Waals surface area contributed by atoms with Crippen LogP contribution in [0.5, 0.6) is 0 Å². The summed E-state index contributed by atoms with van der Waals surface area (Å²) in [6, 6.07) is 25.2. The third kappa shape index (κ3) is 6.50. The first-order chi connectivity index (χ1) is 16.3. The number of fused-ring (bicyclic) bond motifs is 1. The highest BCUT2D eigenvalue weighted by Gasteiger charge is 2.47. The second-order valence-electron chi connectivity index (χ2n) is 9.86. The highest BCUT2D eigenvalue weighted by atomic mass is 32.2. The lowest BCUT2D eigenvalue weighted by atomic mass is 10.00. The highest BCUT2D eigenvalue weighted by Crippen LogP contribution is 2.35. The maximum Gasteiger partial charge on any atom is 0.184 e. The molecule has 0 amide bonds. The van der Waals surface area contributed by atoms with Gasteiger partial charge in [-0.1, -0.05) is 66.7 Å². The highest BCUT2D eigenvalue weighted by molar-refractivity contribution is 7.99. The van der Waals surface area contributed by atoms with E-state index in [4.69, 9.17) is 18.6 Å². The molecule has 6 heteroatoms. The van der Waals surface area contributed by atoms with Crippen LogP contribution in [0.1, 0.15) is 18.1 Å². The lowest BCUT2D eigenvalue weighted by Gasteiger charge is -2.47. The van der Waals surface area contributed by atoms with Crippen LogP contribution in [0.4, 0.5) is 0 Å². The van der Waals surface area contributed by atoms with Crippen molar-refractivity contribution in [3.63, 3.8) is 0 Å². The van der Waals surface area contributed by atoms with Crippen molar-refractivity contribution in [2.24, 2.45) is 0 Å². The van der Waals surface area contributed by atoms with Gasteiger partial charge < -0.3 is 18.6 Å². The summed E-state index contributed by atoms with van der Waals surface area (Å²) in [5, 5.41) is 2.45. The van der Waals surface area contributed by atoms with Gasteiger partial charge in [-0.2, -0.15) is 0 Å². The predicted octanol–water partition coefficient (Wildman–Crippen LogP) is 6.64. The third-order valence-electron chi connectivity index (χ3n) is 5.99. The molecule has 1 aliphatic rings. The average molecular weight is 497 g/mol. The number of rotatable bonds is 9. The molecule has 4 rings (SSSR count). The van der Waals surface area contributed by atoms with Crippen LogP contribution in [0.25, 0.3) is 10.8 Å².